The number of carboxylic acid groups (broad SMARTS) is 1. The number of anilines is 6. The molecule has 2 atom stereocenters. The third-order valence-corrected chi connectivity index (χ3v) is 10.6. The van der Waals surface area contributed by atoms with Crippen LogP contribution < -0.4 is 21.3 Å². The van der Waals surface area contributed by atoms with Crippen molar-refractivity contribution in [3.8, 4) is 0 Å². The molecule has 0 bridgehead atoms. The fourth-order valence-electron chi connectivity index (χ4n) is 6.38. The van der Waals surface area contributed by atoms with E-state index in [2.05, 4.69) is 51.2 Å². The van der Waals surface area contributed by atoms with Gasteiger partial charge in [-0.3, -0.25) is 4.55 Å². The molecule has 2 heterocycles. The molecule has 0 spiro atoms. The number of nitrogens with one attached hydrogen (secondary N) is 4. The van der Waals surface area contributed by atoms with Crippen molar-refractivity contribution >= 4 is 63.4 Å². The van der Waals surface area contributed by atoms with Gasteiger partial charge < -0.3 is 45.3 Å². The van der Waals surface area contributed by atoms with Crippen LogP contribution in [0.3, 0.4) is 0 Å². The molecule has 0 saturated carbocycles. The Morgan fingerprint density at radius 1 is 0.627 bits per heavy atom. The summed E-state index contributed by atoms with van der Waals surface area (Å²) in [6.07, 6.45) is 3.97. The molecule has 0 radical (unpaired) electrons. The van der Waals surface area contributed by atoms with E-state index < -0.39 is 16.1 Å². The number of aromatic carboxylic acids is 1. The first kappa shape index (κ1) is 49.5. The van der Waals surface area contributed by atoms with Crippen molar-refractivity contribution in [1.82, 2.24) is 29.9 Å². The first-order valence-electron chi connectivity index (χ1n) is 21.3. The first-order chi connectivity index (χ1) is 32.3. The Kier molecular flexibility index (Phi) is 18.1. The molecule has 20 heteroatoms. The number of benzene rings is 4. The highest BCUT2D eigenvalue weighted by molar-refractivity contribution is 7.86. The molecule has 6 aromatic rings. The SMILES string of the molecule is COCCOCC(C)Nc1nc(Cc2ccc(/C=C/c3ccc(Nc4nc(Cc5ccc(C(=O)O)cc5)nc(NC(C)COCCOC)n4)cc3S(=O)(=O)O)cc2)nc(Nc2ccccc2)n1. The predicted molar refractivity (Wildman–Crippen MR) is 255 cm³/mol. The summed E-state index contributed by atoms with van der Waals surface area (Å²) < 4.78 is 57.2. The summed E-state index contributed by atoms with van der Waals surface area (Å²) in [5.41, 5.74) is 3.94. The highest BCUT2D eigenvalue weighted by Gasteiger charge is 2.18. The second-order valence-electron chi connectivity index (χ2n) is 15.3. The lowest BCUT2D eigenvalue weighted by Crippen LogP contribution is -2.24. The number of methoxy groups -OCH3 is 2. The van der Waals surface area contributed by atoms with E-state index in [-0.39, 0.29) is 52.1 Å². The third-order valence-electron chi connectivity index (χ3n) is 9.65. The Morgan fingerprint density at radius 2 is 1.13 bits per heavy atom. The van der Waals surface area contributed by atoms with Crippen LogP contribution in [-0.2, 0) is 41.9 Å². The maximum atomic E-state index is 12.7. The molecular formula is C47H54N10O9S. The normalized spacial score (nSPS) is 12.4. The Labute approximate surface area is 389 Å². The topological polar surface area (TPSA) is 254 Å². The van der Waals surface area contributed by atoms with Gasteiger partial charge in [0.15, 0.2) is 0 Å². The van der Waals surface area contributed by atoms with E-state index in [0.29, 0.717) is 69.6 Å². The van der Waals surface area contributed by atoms with Crippen molar-refractivity contribution < 1.29 is 41.8 Å². The van der Waals surface area contributed by atoms with Gasteiger partial charge in [-0.25, -0.2) is 4.79 Å². The largest absolute Gasteiger partial charge is 0.478 e. The summed E-state index contributed by atoms with van der Waals surface area (Å²) >= 11 is 0. The Bertz CT molecular complexity index is 2680. The molecule has 2 aromatic heterocycles. The summed E-state index contributed by atoms with van der Waals surface area (Å²) in [7, 11) is -1.48. The summed E-state index contributed by atoms with van der Waals surface area (Å²) in [6, 6.07) is 27.7. The van der Waals surface area contributed by atoms with Gasteiger partial charge >= 0.3 is 5.97 Å². The van der Waals surface area contributed by atoms with Crippen LogP contribution >= 0.6 is 0 Å². The fourth-order valence-corrected chi connectivity index (χ4v) is 7.09. The average Bonchev–Trinajstić information content (AvgIpc) is 3.29. The van der Waals surface area contributed by atoms with Crippen molar-refractivity contribution in [3.05, 3.63) is 137 Å². The highest BCUT2D eigenvalue weighted by Crippen LogP contribution is 2.26. The third kappa shape index (κ3) is 16.2. The lowest BCUT2D eigenvalue weighted by molar-refractivity contribution is 0.0676. The fraction of sp³-hybridized carbons (Fsp3) is 0.298. The minimum absolute atomic E-state index is 0.0901. The van der Waals surface area contributed by atoms with E-state index in [1.807, 2.05) is 68.4 Å². The zero-order valence-electron chi connectivity index (χ0n) is 37.5. The van der Waals surface area contributed by atoms with Crippen molar-refractivity contribution in [2.24, 2.45) is 0 Å². The van der Waals surface area contributed by atoms with Crippen LogP contribution in [-0.4, -0.2) is 120 Å². The minimum atomic E-state index is -4.69. The number of carbonyl (C=O) groups is 1. The Hall–Kier alpha value is -6.94. The van der Waals surface area contributed by atoms with Crippen LogP contribution in [0.2, 0.25) is 0 Å². The van der Waals surface area contributed by atoms with Crippen LogP contribution in [0.4, 0.5) is 35.2 Å². The van der Waals surface area contributed by atoms with Gasteiger partial charge in [0.2, 0.25) is 23.8 Å². The van der Waals surface area contributed by atoms with E-state index >= 15 is 0 Å². The van der Waals surface area contributed by atoms with Gasteiger partial charge in [-0.2, -0.15) is 38.3 Å². The molecule has 2 unspecified atom stereocenters. The summed E-state index contributed by atoms with van der Waals surface area (Å²) in [4.78, 5) is 38.7. The zero-order chi connectivity index (χ0) is 47.6. The van der Waals surface area contributed by atoms with Crippen molar-refractivity contribution in [2.45, 2.75) is 43.7 Å². The van der Waals surface area contributed by atoms with Crippen LogP contribution in [0.5, 0.6) is 0 Å². The van der Waals surface area contributed by atoms with Gasteiger partial charge in [-0.15, -0.1) is 0 Å². The number of aromatic nitrogens is 6. The average molecular weight is 935 g/mol. The van der Waals surface area contributed by atoms with Crippen LogP contribution in [0, 0.1) is 0 Å². The van der Waals surface area contributed by atoms with Crippen LogP contribution in [0.1, 0.15) is 58.1 Å². The molecule has 0 fully saturated rings. The first-order valence-corrected chi connectivity index (χ1v) is 22.7. The number of carboxylic acids is 1. The molecule has 0 aliphatic rings. The van der Waals surface area contributed by atoms with Crippen molar-refractivity contribution in [3.63, 3.8) is 0 Å². The highest BCUT2D eigenvalue weighted by atomic mass is 32.2. The zero-order valence-corrected chi connectivity index (χ0v) is 38.4. The smallest absolute Gasteiger partial charge is 0.335 e. The molecule has 6 rings (SSSR count). The molecular weight excluding hydrogens is 881 g/mol. The van der Waals surface area contributed by atoms with Crippen molar-refractivity contribution in [1.29, 1.82) is 0 Å². The molecule has 352 valence electrons. The van der Waals surface area contributed by atoms with Gasteiger partial charge in [0.05, 0.1) is 45.2 Å². The second kappa shape index (κ2) is 24.5. The van der Waals surface area contributed by atoms with E-state index in [1.165, 1.54) is 18.2 Å². The molecule has 19 nitrogen and oxygen atoms in total. The van der Waals surface area contributed by atoms with Gasteiger partial charge in [-0.05, 0) is 72.5 Å². The van der Waals surface area contributed by atoms with E-state index in [9.17, 15) is 22.9 Å². The Morgan fingerprint density at radius 3 is 1.64 bits per heavy atom. The molecule has 6 N–H and O–H groups in total. The number of hydrogen-bond donors (Lipinski definition) is 6. The lowest BCUT2D eigenvalue weighted by atomic mass is 10.1. The van der Waals surface area contributed by atoms with Gasteiger partial charge in [0, 0.05) is 50.5 Å². The van der Waals surface area contributed by atoms with E-state index in [4.69, 9.17) is 18.9 Å². The lowest BCUT2D eigenvalue weighted by Gasteiger charge is -2.16. The number of ether oxygens (including phenoxy) is 4. The van der Waals surface area contributed by atoms with E-state index in [0.717, 1.165) is 22.4 Å². The monoisotopic (exact) mass is 934 g/mol. The molecule has 67 heavy (non-hydrogen) atoms. The molecule has 4 aromatic carbocycles. The number of para-hydroxylation sites is 1. The minimum Gasteiger partial charge on any atom is -0.478 e. The molecule has 0 aliphatic heterocycles. The quantitative estimate of drug-likeness (QED) is 0.0186. The van der Waals surface area contributed by atoms with Gasteiger partial charge in [0.25, 0.3) is 10.1 Å². The Balaban J connectivity index is 1.18. The maximum absolute atomic E-state index is 12.7. The van der Waals surface area contributed by atoms with Crippen LogP contribution in [0.25, 0.3) is 12.2 Å². The summed E-state index contributed by atoms with van der Waals surface area (Å²) in [6.45, 7) is 6.44. The van der Waals surface area contributed by atoms with E-state index in [1.54, 1.807) is 50.6 Å². The van der Waals surface area contributed by atoms with Crippen molar-refractivity contribution in [2.75, 3.05) is 75.1 Å². The van der Waals surface area contributed by atoms with Crippen LogP contribution in [0.15, 0.2) is 102 Å². The number of nitrogens with zero attached hydrogens (tertiary/aromatic N) is 6. The summed E-state index contributed by atoms with van der Waals surface area (Å²) in [5.74, 6) is 0.940. The maximum Gasteiger partial charge on any atom is 0.335 e. The van der Waals surface area contributed by atoms with Gasteiger partial charge in [0.1, 0.15) is 16.5 Å². The summed E-state index contributed by atoms with van der Waals surface area (Å²) in [5, 5.41) is 22.1. The standard InChI is InChI=1S/C47H54N10O9S/c1-31(29-65-24-22-63-3)48-44-52-41(54-46(56-44)50-38-8-6-5-7-9-38)26-34-12-10-33(11-13-34)14-17-36-20-21-39(28-40(36)67(60,61)62)51-47-55-42(27-35-15-18-37(19-16-35)43(58)59)53-45(57-47)49-32(2)30-66-25-23-64-4/h5-21,28,31-32H,22-27,29-30H2,1-4H3,(H,58,59)(H,60,61,62)(H2,48,50,52,54,56)(H2,49,51,53,55,57)/b17-14+. The predicted octanol–water partition coefficient (Wildman–Crippen LogP) is 6.77. The molecule has 0 amide bonds. The number of rotatable bonds is 26. The number of hydrogen-bond acceptors (Lipinski definition) is 17. The molecule has 0 aliphatic carbocycles. The second-order valence-corrected chi connectivity index (χ2v) is 16.7. The molecule has 0 saturated heterocycles. The van der Waals surface area contributed by atoms with Gasteiger partial charge in [-0.1, -0.05) is 72.8 Å².